The van der Waals surface area contributed by atoms with Gasteiger partial charge in [-0.05, 0) is 22.0 Å². The van der Waals surface area contributed by atoms with E-state index in [9.17, 15) is 20.0 Å². The van der Waals surface area contributed by atoms with Crippen LogP contribution in [0, 0.1) is 10.1 Å². The van der Waals surface area contributed by atoms with E-state index in [2.05, 4.69) is 15.9 Å². The Morgan fingerprint density at radius 2 is 1.90 bits per heavy atom. The Balaban J connectivity index is 2.36. The summed E-state index contributed by atoms with van der Waals surface area (Å²) in [5.74, 6) is -1.08. The van der Waals surface area contributed by atoms with Crippen molar-refractivity contribution in [1.29, 1.82) is 0 Å². The molecule has 108 valence electrons. The molecule has 0 heterocycles. The van der Waals surface area contributed by atoms with Crippen molar-refractivity contribution >= 4 is 27.6 Å². The molecule has 0 saturated heterocycles. The maximum absolute atomic E-state index is 11.4. The minimum atomic E-state index is -1.25. The smallest absolute Gasteiger partial charge is 0.349 e. The van der Waals surface area contributed by atoms with Crippen LogP contribution in [0.5, 0.6) is 5.75 Å². The first-order chi connectivity index (χ1) is 9.99. The number of halogens is 1. The molecule has 0 spiro atoms. The fourth-order valence-electron chi connectivity index (χ4n) is 1.71. The third kappa shape index (κ3) is 3.57. The predicted molar refractivity (Wildman–Crippen MR) is 78.2 cm³/mol. The van der Waals surface area contributed by atoms with E-state index >= 15 is 0 Å². The fourth-order valence-corrected chi connectivity index (χ4v) is 2.05. The highest BCUT2D eigenvalue weighted by Gasteiger charge is 2.23. The molecule has 0 amide bonds. The van der Waals surface area contributed by atoms with E-state index in [1.54, 1.807) is 30.3 Å². The number of nitrogens with zero attached hydrogens (tertiary/aromatic N) is 1. The molecule has 6 nitrogen and oxygen atoms in total. The summed E-state index contributed by atoms with van der Waals surface area (Å²) >= 11 is 3.19. The lowest BCUT2D eigenvalue weighted by molar-refractivity contribution is -0.385. The van der Waals surface area contributed by atoms with E-state index in [0.717, 1.165) is 0 Å². The van der Waals surface area contributed by atoms with Gasteiger partial charge in [0.25, 0.3) is 5.69 Å². The summed E-state index contributed by atoms with van der Waals surface area (Å²) in [7, 11) is 0. The fraction of sp³-hybridized carbons (Fsp3) is 0.0714. The van der Waals surface area contributed by atoms with Crippen molar-refractivity contribution in [3.05, 3.63) is 68.7 Å². The standard InChI is InChI=1S/C14H10BrNO5/c15-11-7-6-10(16(19)20)8-12(11)21-13(14(17)18)9-4-2-1-3-5-9/h1-8,13H,(H,17,18). The van der Waals surface area contributed by atoms with Crippen molar-refractivity contribution < 1.29 is 19.6 Å². The van der Waals surface area contributed by atoms with Gasteiger partial charge in [0.05, 0.1) is 15.5 Å². The number of benzene rings is 2. The van der Waals surface area contributed by atoms with Crippen LogP contribution in [0.3, 0.4) is 0 Å². The first-order valence-corrected chi connectivity index (χ1v) is 6.66. The molecule has 0 saturated carbocycles. The number of carboxylic acid groups (broad SMARTS) is 1. The zero-order valence-corrected chi connectivity index (χ0v) is 12.2. The van der Waals surface area contributed by atoms with E-state index in [1.807, 2.05) is 0 Å². The van der Waals surface area contributed by atoms with Crippen LogP contribution < -0.4 is 4.74 Å². The first-order valence-electron chi connectivity index (χ1n) is 5.87. The van der Waals surface area contributed by atoms with Gasteiger partial charge in [0.15, 0.2) is 0 Å². The van der Waals surface area contributed by atoms with Gasteiger partial charge in [-0.1, -0.05) is 30.3 Å². The zero-order valence-electron chi connectivity index (χ0n) is 10.6. The second kappa shape index (κ2) is 6.36. The van der Waals surface area contributed by atoms with Gasteiger partial charge < -0.3 is 9.84 Å². The lowest BCUT2D eigenvalue weighted by Crippen LogP contribution is -2.18. The molecule has 2 aromatic rings. The maximum Gasteiger partial charge on any atom is 0.349 e. The molecule has 1 unspecified atom stereocenters. The second-order valence-corrected chi connectivity index (χ2v) is 4.97. The Kier molecular flexibility index (Phi) is 4.54. The van der Waals surface area contributed by atoms with Crippen molar-refractivity contribution in [2.24, 2.45) is 0 Å². The molecule has 1 atom stereocenters. The van der Waals surface area contributed by atoms with Gasteiger partial charge in [-0.2, -0.15) is 0 Å². The van der Waals surface area contributed by atoms with Gasteiger partial charge in [0.1, 0.15) is 5.75 Å². The first kappa shape index (κ1) is 15.0. The summed E-state index contributed by atoms with van der Waals surface area (Å²) in [6.07, 6.45) is -1.25. The minimum Gasteiger partial charge on any atom is -0.478 e. The molecule has 0 aliphatic rings. The molecule has 21 heavy (non-hydrogen) atoms. The third-order valence-corrected chi connectivity index (χ3v) is 3.35. The number of carboxylic acids is 1. The highest BCUT2D eigenvalue weighted by atomic mass is 79.9. The number of carbonyl (C=O) groups is 1. The van der Waals surface area contributed by atoms with E-state index in [1.165, 1.54) is 18.2 Å². The molecule has 2 rings (SSSR count). The Hall–Kier alpha value is -2.41. The zero-order chi connectivity index (χ0) is 15.4. The van der Waals surface area contributed by atoms with E-state index in [0.29, 0.717) is 10.0 Å². The van der Waals surface area contributed by atoms with Gasteiger partial charge >= 0.3 is 5.97 Å². The SMILES string of the molecule is O=C(O)C(Oc1cc([N+](=O)[O-])ccc1Br)c1ccccc1. The molecule has 0 aliphatic carbocycles. The topological polar surface area (TPSA) is 89.7 Å². The minimum absolute atomic E-state index is 0.0976. The lowest BCUT2D eigenvalue weighted by atomic mass is 10.1. The summed E-state index contributed by atoms with van der Waals surface area (Å²) < 4.78 is 5.87. The molecular weight excluding hydrogens is 342 g/mol. The second-order valence-electron chi connectivity index (χ2n) is 4.12. The molecule has 7 heteroatoms. The number of aliphatic carboxylic acids is 1. The Bertz CT molecular complexity index is 674. The molecule has 0 aromatic heterocycles. The van der Waals surface area contributed by atoms with Crippen LogP contribution in [0.4, 0.5) is 5.69 Å². The largest absolute Gasteiger partial charge is 0.478 e. The summed E-state index contributed by atoms with van der Waals surface area (Å²) in [5.41, 5.74) is 0.272. The van der Waals surface area contributed by atoms with Crippen LogP contribution in [0.15, 0.2) is 53.0 Å². The Morgan fingerprint density at radius 3 is 2.48 bits per heavy atom. The van der Waals surface area contributed by atoms with Crippen LogP contribution in [0.2, 0.25) is 0 Å². The van der Waals surface area contributed by atoms with Crippen LogP contribution in [-0.2, 0) is 4.79 Å². The summed E-state index contributed by atoms with van der Waals surface area (Å²) in [4.78, 5) is 21.6. The number of rotatable bonds is 5. The van der Waals surface area contributed by atoms with Crippen LogP contribution >= 0.6 is 15.9 Å². The number of nitro benzene ring substituents is 1. The predicted octanol–water partition coefficient (Wildman–Crippen LogP) is 3.56. The van der Waals surface area contributed by atoms with Crippen molar-refractivity contribution in [3.8, 4) is 5.75 Å². The summed E-state index contributed by atoms with van der Waals surface area (Å²) in [5, 5.41) is 20.1. The number of hydrogen-bond donors (Lipinski definition) is 1. The molecule has 0 bridgehead atoms. The van der Waals surface area contributed by atoms with E-state index in [-0.39, 0.29) is 11.4 Å². The van der Waals surface area contributed by atoms with Crippen molar-refractivity contribution in [2.45, 2.75) is 6.10 Å². The molecule has 0 radical (unpaired) electrons. The van der Waals surface area contributed by atoms with Crippen molar-refractivity contribution in [2.75, 3.05) is 0 Å². The Morgan fingerprint density at radius 1 is 1.24 bits per heavy atom. The highest BCUT2D eigenvalue weighted by Crippen LogP contribution is 2.32. The molecular formula is C14H10BrNO5. The molecule has 2 aromatic carbocycles. The van der Waals surface area contributed by atoms with E-state index in [4.69, 9.17) is 4.74 Å². The number of hydrogen-bond acceptors (Lipinski definition) is 4. The van der Waals surface area contributed by atoms with Gasteiger partial charge in [0.2, 0.25) is 6.10 Å². The number of nitro groups is 1. The number of non-ortho nitro benzene ring substituents is 1. The number of ether oxygens (including phenoxy) is 1. The van der Waals surface area contributed by atoms with Gasteiger partial charge in [-0.25, -0.2) is 4.79 Å². The quantitative estimate of drug-likeness (QED) is 0.656. The maximum atomic E-state index is 11.4. The third-order valence-electron chi connectivity index (χ3n) is 2.70. The summed E-state index contributed by atoms with van der Waals surface area (Å²) in [6.45, 7) is 0. The monoisotopic (exact) mass is 351 g/mol. The van der Waals surface area contributed by atoms with Crippen molar-refractivity contribution in [1.82, 2.24) is 0 Å². The van der Waals surface area contributed by atoms with Crippen molar-refractivity contribution in [3.63, 3.8) is 0 Å². The average molecular weight is 352 g/mol. The Labute approximate surface area is 128 Å². The van der Waals surface area contributed by atoms with Crippen LogP contribution in [-0.4, -0.2) is 16.0 Å². The summed E-state index contributed by atoms with van der Waals surface area (Å²) in [6, 6.07) is 12.3. The lowest BCUT2D eigenvalue weighted by Gasteiger charge is -2.16. The van der Waals surface area contributed by atoms with Crippen LogP contribution in [0.1, 0.15) is 11.7 Å². The van der Waals surface area contributed by atoms with Gasteiger partial charge in [0, 0.05) is 11.6 Å². The average Bonchev–Trinajstić information content (AvgIpc) is 2.46. The van der Waals surface area contributed by atoms with Gasteiger partial charge in [-0.3, -0.25) is 10.1 Å². The normalized spacial score (nSPS) is 11.7. The van der Waals surface area contributed by atoms with Gasteiger partial charge in [-0.15, -0.1) is 0 Å². The highest BCUT2D eigenvalue weighted by molar-refractivity contribution is 9.10. The van der Waals surface area contributed by atoms with Crippen LogP contribution in [0.25, 0.3) is 0 Å². The molecule has 0 aliphatic heterocycles. The molecule has 1 N–H and O–H groups in total. The van der Waals surface area contributed by atoms with E-state index < -0.39 is 17.0 Å². The molecule has 0 fully saturated rings.